The van der Waals surface area contributed by atoms with Crippen LogP contribution in [0.3, 0.4) is 0 Å². The van der Waals surface area contributed by atoms with Gasteiger partial charge in [-0.15, -0.1) is 6.58 Å². The Kier molecular flexibility index (Phi) is 10.5. The van der Waals surface area contributed by atoms with Gasteiger partial charge in [-0.2, -0.15) is 0 Å². The number of allylic oxidation sites excluding steroid dienone is 3. The number of rotatable bonds is 12. The van der Waals surface area contributed by atoms with Crippen molar-refractivity contribution in [1.82, 2.24) is 0 Å². The molecular weight excluding hydrogens is 288 g/mol. The van der Waals surface area contributed by atoms with E-state index in [1.54, 1.807) is 16.7 Å². The lowest BCUT2D eigenvalue weighted by atomic mass is 9.87. The first kappa shape index (κ1) is 20.7. The predicted octanol–water partition coefficient (Wildman–Crippen LogP) is 7.91. The van der Waals surface area contributed by atoms with Gasteiger partial charge in [0.2, 0.25) is 0 Å². The smallest absolute Gasteiger partial charge is 0.0136 e. The molecule has 0 aliphatic carbocycles. The average Bonchev–Trinajstić information content (AvgIpc) is 2.61. The highest BCUT2D eigenvalue weighted by molar-refractivity contribution is 5.71. The molecule has 1 aromatic carbocycles. The van der Waals surface area contributed by atoms with E-state index in [9.17, 15) is 0 Å². The lowest BCUT2D eigenvalue weighted by molar-refractivity contribution is 0.755. The molecule has 0 radical (unpaired) electrons. The minimum absolute atomic E-state index is 1.03. The highest BCUT2D eigenvalue weighted by Crippen LogP contribution is 2.30. The van der Waals surface area contributed by atoms with E-state index in [-0.39, 0.29) is 0 Å². The summed E-state index contributed by atoms with van der Waals surface area (Å²) in [6, 6.07) is 6.98. The molecular formula is C24H38. The summed E-state index contributed by atoms with van der Waals surface area (Å²) in [6.07, 6.45) is 14.4. The maximum atomic E-state index is 3.98. The van der Waals surface area contributed by atoms with E-state index in [2.05, 4.69) is 58.5 Å². The Morgan fingerprint density at radius 3 is 2.25 bits per heavy atom. The van der Waals surface area contributed by atoms with Gasteiger partial charge in [0.15, 0.2) is 0 Å². The van der Waals surface area contributed by atoms with Crippen LogP contribution >= 0.6 is 0 Å². The van der Waals surface area contributed by atoms with Crippen molar-refractivity contribution in [3.05, 3.63) is 53.1 Å². The Labute approximate surface area is 151 Å². The van der Waals surface area contributed by atoms with E-state index in [1.165, 1.54) is 68.9 Å². The van der Waals surface area contributed by atoms with E-state index < -0.39 is 0 Å². The van der Waals surface area contributed by atoms with Crippen molar-refractivity contribution in [2.45, 2.75) is 91.9 Å². The fourth-order valence-electron chi connectivity index (χ4n) is 3.43. The summed E-state index contributed by atoms with van der Waals surface area (Å²) in [5.41, 5.74) is 7.79. The van der Waals surface area contributed by atoms with Gasteiger partial charge in [0.05, 0.1) is 0 Å². The first-order valence-corrected chi connectivity index (χ1v) is 10.1. The first-order valence-electron chi connectivity index (χ1n) is 10.1. The molecule has 0 nitrogen and oxygen atoms in total. The average molecular weight is 327 g/mol. The van der Waals surface area contributed by atoms with Crippen LogP contribution in [0.15, 0.2) is 36.4 Å². The van der Waals surface area contributed by atoms with Gasteiger partial charge < -0.3 is 0 Å². The predicted molar refractivity (Wildman–Crippen MR) is 111 cm³/mol. The Bertz CT molecular complexity index is 519. The summed E-state index contributed by atoms with van der Waals surface area (Å²) < 4.78 is 0. The van der Waals surface area contributed by atoms with Gasteiger partial charge >= 0.3 is 0 Å². The van der Waals surface area contributed by atoms with Crippen LogP contribution in [0.25, 0.3) is 5.57 Å². The minimum Gasteiger partial charge on any atom is -0.103 e. The molecule has 0 fully saturated rings. The largest absolute Gasteiger partial charge is 0.103 e. The maximum absolute atomic E-state index is 3.98. The second-order valence-corrected chi connectivity index (χ2v) is 6.98. The van der Waals surface area contributed by atoms with E-state index in [1.807, 2.05) is 0 Å². The van der Waals surface area contributed by atoms with Crippen molar-refractivity contribution >= 4 is 5.57 Å². The van der Waals surface area contributed by atoms with Crippen molar-refractivity contribution in [1.29, 1.82) is 0 Å². The van der Waals surface area contributed by atoms with Crippen LogP contribution in [0, 0.1) is 0 Å². The van der Waals surface area contributed by atoms with Crippen molar-refractivity contribution in [2.24, 2.45) is 0 Å². The van der Waals surface area contributed by atoms with Gasteiger partial charge in [0.25, 0.3) is 0 Å². The number of aryl methyl sites for hydroxylation is 1. The zero-order chi connectivity index (χ0) is 17.8. The highest BCUT2D eigenvalue weighted by atomic mass is 14.2. The second-order valence-electron chi connectivity index (χ2n) is 6.98. The fourth-order valence-corrected chi connectivity index (χ4v) is 3.43. The topological polar surface area (TPSA) is 0 Å². The molecule has 0 bridgehead atoms. The molecule has 24 heavy (non-hydrogen) atoms. The lowest BCUT2D eigenvalue weighted by Crippen LogP contribution is -2.01. The number of benzene rings is 1. The van der Waals surface area contributed by atoms with Crippen molar-refractivity contribution in [3.8, 4) is 0 Å². The summed E-state index contributed by atoms with van der Waals surface area (Å²) in [5.74, 6) is 0. The fraction of sp³-hybridized carbons (Fsp3) is 0.583. The van der Waals surface area contributed by atoms with E-state index in [4.69, 9.17) is 0 Å². The molecule has 0 saturated carbocycles. The molecule has 0 heteroatoms. The number of hydrogen-bond donors (Lipinski definition) is 0. The third kappa shape index (κ3) is 6.30. The SMILES string of the molecule is C=CCC(CCCC)=C(C)c1cccc(CCCC)c1CCCC. The summed E-state index contributed by atoms with van der Waals surface area (Å²) in [5, 5.41) is 0. The van der Waals surface area contributed by atoms with Crippen LogP contribution in [-0.2, 0) is 12.8 Å². The van der Waals surface area contributed by atoms with E-state index >= 15 is 0 Å². The molecule has 0 saturated heterocycles. The molecule has 1 aromatic rings. The van der Waals surface area contributed by atoms with Gasteiger partial charge in [0, 0.05) is 0 Å². The van der Waals surface area contributed by atoms with Crippen molar-refractivity contribution in [2.75, 3.05) is 0 Å². The van der Waals surface area contributed by atoms with Gasteiger partial charge in [-0.3, -0.25) is 0 Å². The third-order valence-corrected chi connectivity index (χ3v) is 5.01. The van der Waals surface area contributed by atoms with Crippen LogP contribution in [-0.4, -0.2) is 0 Å². The van der Waals surface area contributed by atoms with Crippen LogP contribution in [0.1, 0.15) is 95.8 Å². The molecule has 1 rings (SSSR count). The van der Waals surface area contributed by atoms with Crippen LogP contribution < -0.4 is 0 Å². The van der Waals surface area contributed by atoms with Gasteiger partial charge in [0.1, 0.15) is 0 Å². The minimum atomic E-state index is 1.03. The molecule has 0 atom stereocenters. The van der Waals surface area contributed by atoms with E-state index in [0.29, 0.717) is 0 Å². The Hall–Kier alpha value is -1.30. The maximum Gasteiger partial charge on any atom is -0.0136 e. The highest BCUT2D eigenvalue weighted by Gasteiger charge is 2.12. The summed E-state index contributed by atoms with van der Waals surface area (Å²) in [6.45, 7) is 13.2. The molecule has 0 unspecified atom stereocenters. The first-order chi connectivity index (χ1) is 11.7. The van der Waals surface area contributed by atoms with Gasteiger partial charge in [-0.25, -0.2) is 0 Å². The van der Waals surface area contributed by atoms with E-state index in [0.717, 1.165) is 6.42 Å². The molecule has 0 heterocycles. The zero-order valence-electron chi connectivity index (χ0n) is 16.6. The van der Waals surface area contributed by atoms with Crippen LogP contribution in [0.5, 0.6) is 0 Å². The quantitative estimate of drug-likeness (QED) is 0.342. The number of hydrogen-bond acceptors (Lipinski definition) is 0. The summed E-state index contributed by atoms with van der Waals surface area (Å²) in [7, 11) is 0. The molecule has 0 aliphatic rings. The monoisotopic (exact) mass is 326 g/mol. The molecule has 0 aromatic heterocycles. The van der Waals surface area contributed by atoms with Crippen LogP contribution in [0.4, 0.5) is 0 Å². The molecule has 134 valence electrons. The Balaban J connectivity index is 3.28. The lowest BCUT2D eigenvalue weighted by Gasteiger charge is -2.18. The molecule has 0 amide bonds. The normalized spacial score (nSPS) is 12.2. The van der Waals surface area contributed by atoms with Gasteiger partial charge in [-0.05, 0) is 74.1 Å². The Morgan fingerprint density at radius 2 is 1.62 bits per heavy atom. The Morgan fingerprint density at radius 1 is 0.958 bits per heavy atom. The summed E-state index contributed by atoms with van der Waals surface area (Å²) in [4.78, 5) is 0. The van der Waals surface area contributed by atoms with Crippen molar-refractivity contribution in [3.63, 3.8) is 0 Å². The molecule has 0 aliphatic heterocycles. The second kappa shape index (κ2) is 12.1. The number of unbranched alkanes of at least 4 members (excludes halogenated alkanes) is 3. The van der Waals surface area contributed by atoms with Crippen molar-refractivity contribution < 1.29 is 0 Å². The van der Waals surface area contributed by atoms with Gasteiger partial charge in [-0.1, -0.05) is 69.9 Å². The summed E-state index contributed by atoms with van der Waals surface area (Å²) >= 11 is 0. The molecule has 0 N–H and O–H groups in total. The molecule has 0 spiro atoms. The standard InChI is InChI=1S/C24H38/c1-6-10-15-21(14-9-4)20(5)23-19-13-17-22(16-11-7-2)24(23)18-12-8-3/h9,13,17,19H,4,6-8,10-12,14-16,18H2,1-3,5H3. The zero-order valence-corrected chi connectivity index (χ0v) is 16.6. The third-order valence-electron chi connectivity index (χ3n) is 5.01. The van der Waals surface area contributed by atoms with Crippen LogP contribution in [0.2, 0.25) is 0 Å².